The van der Waals surface area contributed by atoms with Crippen LogP contribution in [0.4, 0.5) is 0 Å². The first kappa shape index (κ1) is 13.1. The van der Waals surface area contributed by atoms with Gasteiger partial charge in [-0.2, -0.15) is 0 Å². The quantitative estimate of drug-likeness (QED) is 0.364. The lowest BCUT2D eigenvalue weighted by molar-refractivity contribution is -0.129. The molecule has 0 saturated carbocycles. The smallest absolute Gasteiger partial charge is 0.335 e. The Labute approximate surface area is 110 Å². The molecule has 1 rings (SSSR count). The largest absolute Gasteiger partial charge is 0.421 e. The lowest BCUT2D eigenvalue weighted by atomic mass is 10.2. The monoisotopic (exact) mass is 346 g/mol. The molecule has 0 aliphatic rings. The molecule has 0 radical (unpaired) electrons. The topological polar surface area (TPSA) is 43.4 Å². The van der Waals surface area contributed by atoms with Crippen LogP contribution < -0.4 is 4.74 Å². The number of rotatable bonds is 3. The maximum atomic E-state index is 11.3. The second-order valence-electron chi connectivity index (χ2n) is 2.85. The van der Waals surface area contributed by atoms with Gasteiger partial charge in [0.05, 0.1) is 8.95 Å². The summed E-state index contributed by atoms with van der Waals surface area (Å²) >= 11 is 6.46. The minimum Gasteiger partial charge on any atom is -0.421 e. The number of aldehydes is 1. The van der Waals surface area contributed by atoms with E-state index in [0.29, 0.717) is 26.5 Å². The van der Waals surface area contributed by atoms with Gasteiger partial charge in [-0.05, 0) is 50.9 Å². The molecular formula is C11H8Br2O3. The Hall–Kier alpha value is -0.940. The van der Waals surface area contributed by atoms with E-state index in [1.165, 1.54) is 6.08 Å². The Morgan fingerprint density at radius 3 is 2.31 bits per heavy atom. The van der Waals surface area contributed by atoms with E-state index in [-0.39, 0.29) is 0 Å². The highest BCUT2D eigenvalue weighted by Crippen LogP contribution is 2.34. The molecule has 0 saturated heterocycles. The molecule has 3 nitrogen and oxygen atoms in total. The molecule has 1 aromatic carbocycles. The molecule has 0 aliphatic carbocycles. The summed E-state index contributed by atoms with van der Waals surface area (Å²) in [6, 6.07) is 3.16. The van der Waals surface area contributed by atoms with E-state index >= 15 is 0 Å². The average Bonchev–Trinajstić information content (AvgIpc) is 2.23. The lowest BCUT2D eigenvalue weighted by Crippen LogP contribution is -2.05. The highest BCUT2D eigenvalue weighted by Gasteiger charge is 2.11. The Morgan fingerprint density at radius 2 is 1.88 bits per heavy atom. The van der Waals surface area contributed by atoms with Gasteiger partial charge in [-0.15, -0.1) is 0 Å². The second kappa shape index (κ2) is 5.96. The fourth-order valence-electron chi connectivity index (χ4n) is 1.02. The third-order valence-corrected chi connectivity index (χ3v) is 2.84. The predicted molar refractivity (Wildman–Crippen MR) is 67.7 cm³/mol. The van der Waals surface area contributed by atoms with Crippen LogP contribution in [0.25, 0.3) is 0 Å². The summed E-state index contributed by atoms with van der Waals surface area (Å²) < 4.78 is 6.17. The van der Waals surface area contributed by atoms with Crippen molar-refractivity contribution in [2.75, 3.05) is 0 Å². The number of allylic oxidation sites excluding steroid dienone is 1. The van der Waals surface area contributed by atoms with E-state index in [1.807, 2.05) is 0 Å². The maximum Gasteiger partial charge on any atom is 0.335 e. The maximum absolute atomic E-state index is 11.3. The molecule has 0 aromatic heterocycles. The molecule has 0 amide bonds. The molecule has 0 spiro atoms. The first-order chi connectivity index (χ1) is 7.58. The van der Waals surface area contributed by atoms with E-state index in [1.54, 1.807) is 25.1 Å². The number of ether oxygens (including phenoxy) is 1. The summed E-state index contributed by atoms with van der Waals surface area (Å²) in [5.41, 5.74) is 0.490. The van der Waals surface area contributed by atoms with Gasteiger partial charge in [0.1, 0.15) is 6.29 Å². The van der Waals surface area contributed by atoms with Gasteiger partial charge in [-0.1, -0.05) is 6.08 Å². The summed E-state index contributed by atoms with van der Waals surface area (Å²) in [6.45, 7) is 1.72. The Balaban J connectivity index is 3.05. The van der Waals surface area contributed by atoms with Crippen LogP contribution in [0.15, 0.2) is 33.2 Å². The average molecular weight is 348 g/mol. The number of hydrogen-bond donors (Lipinski definition) is 0. The molecule has 1 aromatic rings. The summed E-state index contributed by atoms with van der Waals surface area (Å²) in [5, 5.41) is 0. The zero-order chi connectivity index (χ0) is 12.1. The number of benzene rings is 1. The number of halogens is 2. The summed E-state index contributed by atoms with van der Waals surface area (Å²) in [4.78, 5) is 21.8. The fraction of sp³-hybridized carbons (Fsp3) is 0.0909. The number of carbonyl (C=O) groups excluding carboxylic acids is 2. The fourth-order valence-corrected chi connectivity index (χ4v) is 2.40. The molecule has 0 N–H and O–H groups in total. The van der Waals surface area contributed by atoms with Gasteiger partial charge in [0.25, 0.3) is 0 Å². The first-order valence-corrected chi connectivity index (χ1v) is 5.95. The van der Waals surface area contributed by atoms with Crippen molar-refractivity contribution in [3.63, 3.8) is 0 Å². The summed E-state index contributed by atoms with van der Waals surface area (Å²) in [7, 11) is 0. The molecule has 0 heterocycles. The van der Waals surface area contributed by atoms with Crippen molar-refractivity contribution in [2.45, 2.75) is 6.92 Å². The molecule has 16 heavy (non-hydrogen) atoms. The van der Waals surface area contributed by atoms with Crippen molar-refractivity contribution in [1.29, 1.82) is 0 Å². The van der Waals surface area contributed by atoms with Gasteiger partial charge in [-0.3, -0.25) is 4.79 Å². The number of carbonyl (C=O) groups is 2. The van der Waals surface area contributed by atoms with Gasteiger partial charge in [0.15, 0.2) is 5.75 Å². The van der Waals surface area contributed by atoms with Crippen LogP contribution in [-0.2, 0) is 4.79 Å². The van der Waals surface area contributed by atoms with Crippen LogP contribution in [0.3, 0.4) is 0 Å². The summed E-state index contributed by atoms with van der Waals surface area (Å²) in [5.74, 6) is -0.114. The van der Waals surface area contributed by atoms with Crippen LogP contribution in [0.5, 0.6) is 5.75 Å². The van der Waals surface area contributed by atoms with Crippen LogP contribution in [-0.4, -0.2) is 12.3 Å². The van der Waals surface area contributed by atoms with Gasteiger partial charge in [-0.25, -0.2) is 4.79 Å². The Morgan fingerprint density at radius 1 is 1.31 bits per heavy atom. The Kier molecular flexibility index (Phi) is 4.89. The van der Waals surface area contributed by atoms with Crippen molar-refractivity contribution in [3.05, 3.63) is 38.8 Å². The van der Waals surface area contributed by atoms with Gasteiger partial charge in [0, 0.05) is 11.6 Å². The van der Waals surface area contributed by atoms with Crippen molar-refractivity contribution < 1.29 is 14.3 Å². The third kappa shape index (κ3) is 3.28. The SMILES string of the molecule is CC=CC(=O)Oc1c(Br)cc(C=O)cc1Br. The lowest BCUT2D eigenvalue weighted by Gasteiger charge is -2.07. The number of esters is 1. The van der Waals surface area contributed by atoms with Gasteiger partial charge >= 0.3 is 5.97 Å². The second-order valence-corrected chi connectivity index (χ2v) is 4.56. The van der Waals surface area contributed by atoms with E-state index in [9.17, 15) is 9.59 Å². The molecule has 0 atom stereocenters. The zero-order valence-electron chi connectivity index (χ0n) is 8.37. The van der Waals surface area contributed by atoms with E-state index in [4.69, 9.17) is 4.74 Å². The van der Waals surface area contributed by atoms with Crippen LogP contribution >= 0.6 is 31.9 Å². The van der Waals surface area contributed by atoms with E-state index in [2.05, 4.69) is 31.9 Å². The van der Waals surface area contributed by atoms with E-state index < -0.39 is 5.97 Å². The Bertz CT molecular complexity index is 430. The predicted octanol–water partition coefficient (Wildman–Crippen LogP) is 3.51. The molecule has 5 heteroatoms. The normalized spacial score (nSPS) is 10.4. The molecule has 0 bridgehead atoms. The highest BCUT2D eigenvalue weighted by atomic mass is 79.9. The molecule has 0 fully saturated rings. The minimum absolute atomic E-state index is 0.355. The van der Waals surface area contributed by atoms with Crippen molar-refractivity contribution in [2.24, 2.45) is 0 Å². The third-order valence-electron chi connectivity index (χ3n) is 1.66. The molecule has 0 unspecified atom stereocenters. The van der Waals surface area contributed by atoms with Crippen LogP contribution in [0.1, 0.15) is 17.3 Å². The molecule has 84 valence electrons. The van der Waals surface area contributed by atoms with Crippen molar-refractivity contribution >= 4 is 44.1 Å². The van der Waals surface area contributed by atoms with E-state index in [0.717, 1.165) is 0 Å². The van der Waals surface area contributed by atoms with Crippen molar-refractivity contribution in [3.8, 4) is 5.75 Å². The minimum atomic E-state index is -0.470. The van der Waals surface area contributed by atoms with Gasteiger partial charge in [0.2, 0.25) is 0 Å². The van der Waals surface area contributed by atoms with Gasteiger partial charge < -0.3 is 4.74 Å². The van der Waals surface area contributed by atoms with Crippen molar-refractivity contribution in [1.82, 2.24) is 0 Å². The zero-order valence-corrected chi connectivity index (χ0v) is 11.5. The first-order valence-electron chi connectivity index (χ1n) is 4.37. The number of hydrogen-bond acceptors (Lipinski definition) is 3. The highest BCUT2D eigenvalue weighted by molar-refractivity contribution is 9.11. The molecule has 0 aliphatic heterocycles. The van der Waals surface area contributed by atoms with Crippen LogP contribution in [0, 0.1) is 0 Å². The van der Waals surface area contributed by atoms with Crippen LogP contribution in [0.2, 0.25) is 0 Å². The summed E-state index contributed by atoms with van der Waals surface area (Å²) in [6.07, 6.45) is 3.61. The molecular weight excluding hydrogens is 340 g/mol. The standard InChI is InChI=1S/C11H8Br2O3/c1-2-3-10(15)16-11-8(12)4-7(6-14)5-9(11)13/h2-6H,1H3.